The second-order valence-electron chi connectivity index (χ2n) is 11.2. The Morgan fingerprint density at radius 1 is 1.17 bits per heavy atom. The van der Waals surface area contributed by atoms with Gasteiger partial charge in [0.25, 0.3) is 0 Å². The first-order valence-electron chi connectivity index (χ1n) is 12.5. The number of aliphatic hydroxyl groups is 1. The molecular formula is C27H34F2O7. The minimum atomic E-state index is -2.12. The maximum Gasteiger partial charge on any atom is 0.307 e. The lowest BCUT2D eigenvalue weighted by Crippen LogP contribution is -2.70. The Hall–Kier alpha value is -2.42. The quantitative estimate of drug-likeness (QED) is 0.548. The van der Waals surface area contributed by atoms with E-state index < -0.39 is 70.4 Å². The summed E-state index contributed by atoms with van der Waals surface area (Å²) in [6.07, 6.45) is 2.98. The molecule has 4 rings (SSSR count). The number of alkyl halides is 2. The SMILES string of the molecule is COC(=O)CCC(=O)O[C@]1(C(=O)CF)[C@@H](C)C[C@H]2[C@@H]3CCC4=CC(=O)C=C[C@]4(C)[C@@]3(F)[C@H](O)C[C@@]21C. The topological polar surface area (TPSA) is 107 Å². The van der Waals surface area contributed by atoms with Crippen molar-refractivity contribution in [2.45, 2.75) is 76.7 Å². The number of carbonyl (C=O) groups excluding carboxylic acids is 4. The van der Waals surface area contributed by atoms with Crippen molar-refractivity contribution in [3.8, 4) is 0 Å². The summed E-state index contributed by atoms with van der Waals surface area (Å²) >= 11 is 0. The largest absolute Gasteiger partial charge is 0.469 e. The summed E-state index contributed by atoms with van der Waals surface area (Å²) in [7, 11) is 1.18. The average Bonchev–Trinajstić information content (AvgIpc) is 3.05. The first kappa shape index (κ1) is 26.6. The number of aliphatic hydroxyl groups excluding tert-OH is 1. The predicted molar refractivity (Wildman–Crippen MR) is 124 cm³/mol. The van der Waals surface area contributed by atoms with Crippen LogP contribution in [0.3, 0.4) is 0 Å². The van der Waals surface area contributed by atoms with Crippen molar-refractivity contribution in [1.29, 1.82) is 0 Å². The first-order chi connectivity index (χ1) is 16.8. The normalized spacial score (nSPS) is 43.1. The Bertz CT molecular complexity index is 1050. The number of halogens is 2. The van der Waals surface area contributed by atoms with E-state index in [0.29, 0.717) is 24.8 Å². The number of hydrogen-bond donors (Lipinski definition) is 1. The standard InChI is InChI=1S/C27H34F2O7/c1-15-11-19-18-6-5-16-12-17(30)9-10-24(16,2)26(18,29)20(31)13-25(19,3)27(15,21(32)14-28)36-23(34)8-7-22(33)35-4/h9-10,12,15,18-20,31H,5-8,11,13-14H2,1-4H3/t15-,18-,19-,20+,24-,25-,26-,27-/m0/s1. The van der Waals surface area contributed by atoms with Gasteiger partial charge >= 0.3 is 11.9 Å². The summed E-state index contributed by atoms with van der Waals surface area (Å²) in [6.45, 7) is 3.67. The number of esters is 2. The Morgan fingerprint density at radius 2 is 1.83 bits per heavy atom. The molecule has 0 amide bonds. The lowest BCUT2D eigenvalue weighted by atomic mass is 9.44. The van der Waals surface area contributed by atoms with Gasteiger partial charge in [0.2, 0.25) is 5.78 Å². The summed E-state index contributed by atoms with van der Waals surface area (Å²) in [5.41, 5.74) is -5.84. The van der Waals surface area contributed by atoms with Gasteiger partial charge < -0.3 is 14.6 Å². The van der Waals surface area contributed by atoms with E-state index in [0.717, 1.165) is 0 Å². The molecule has 4 aliphatic rings. The molecule has 0 bridgehead atoms. The summed E-state index contributed by atoms with van der Waals surface area (Å²) in [5.74, 6) is -4.46. The van der Waals surface area contributed by atoms with Crippen LogP contribution in [0.1, 0.15) is 59.3 Å². The highest BCUT2D eigenvalue weighted by Crippen LogP contribution is 2.71. The lowest BCUT2D eigenvalue weighted by molar-refractivity contribution is -0.228. The monoisotopic (exact) mass is 508 g/mol. The Kier molecular flexibility index (Phi) is 6.55. The van der Waals surface area contributed by atoms with Crippen LogP contribution in [0.25, 0.3) is 0 Å². The summed E-state index contributed by atoms with van der Waals surface area (Å²) in [6, 6.07) is 0. The summed E-state index contributed by atoms with van der Waals surface area (Å²) < 4.78 is 41.7. The third kappa shape index (κ3) is 3.37. The molecule has 0 heterocycles. The fourth-order valence-electron chi connectivity index (χ4n) is 8.03. The maximum absolute atomic E-state index is 17.3. The van der Waals surface area contributed by atoms with Gasteiger partial charge in [0, 0.05) is 22.7 Å². The van der Waals surface area contributed by atoms with Crippen LogP contribution in [-0.2, 0) is 28.7 Å². The van der Waals surface area contributed by atoms with Crippen molar-refractivity contribution in [3.63, 3.8) is 0 Å². The van der Waals surface area contributed by atoms with E-state index in [1.807, 2.05) is 0 Å². The molecule has 0 aliphatic heterocycles. The first-order valence-corrected chi connectivity index (χ1v) is 12.5. The molecule has 9 heteroatoms. The van der Waals surface area contributed by atoms with E-state index in [-0.39, 0.29) is 25.0 Å². The molecular weight excluding hydrogens is 474 g/mol. The van der Waals surface area contributed by atoms with E-state index in [2.05, 4.69) is 4.74 Å². The minimum absolute atomic E-state index is 0.222. The highest BCUT2D eigenvalue weighted by molar-refractivity contribution is 6.01. The van der Waals surface area contributed by atoms with Gasteiger partial charge in [-0.25, -0.2) is 8.78 Å². The molecule has 0 aromatic heterocycles. The number of rotatable bonds is 6. The minimum Gasteiger partial charge on any atom is -0.469 e. The number of methoxy groups -OCH3 is 1. The molecule has 1 N–H and O–H groups in total. The van der Waals surface area contributed by atoms with Gasteiger partial charge in [-0.05, 0) is 50.7 Å². The lowest BCUT2D eigenvalue weighted by Gasteiger charge is -2.62. The highest BCUT2D eigenvalue weighted by atomic mass is 19.1. The van der Waals surface area contributed by atoms with Crippen molar-refractivity contribution < 1.29 is 42.5 Å². The zero-order valence-corrected chi connectivity index (χ0v) is 21.1. The predicted octanol–water partition coefficient (Wildman–Crippen LogP) is 3.38. The fraction of sp³-hybridized carbons (Fsp3) is 0.704. The van der Waals surface area contributed by atoms with Gasteiger partial charge in [0.05, 0.1) is 26.1 Å². The molecule has 198 valence electrons. The van der Waals surface area contributed by atoms with Gasteiger partial charge in [0.1, 0.15) is 0 Å². The van der Waals surface area contributed by atoms with Crippen LogP contribution in [0.5, 0.6) is 0 Å². The third-order valence-corrected chi connectivity index (χ3v) is 9.75. The van der Waals surface area contributed by atoms with Gasteiger partial charge in [-0.2, -0.15) is 0 Å². The van der Waals surface area contributed by atoms with Gasteiger partial charge in [-0.15, -0.1) is 0 Å². The Balaban J connectivity index is 1.76. The van der Waals surface area contributed by atoms with Crippen LogP contribution in [-0.4, -0.2) is 59.8 Å². The number of fused-ring (bicyclic) bond motifs is 5. The molecule has 3 fully saturated rings. The molecule has 7 nitrogen and oxygen atoms in total. The number of ketones is 2. The van der Waals surface area contributed by atoms with E-state index in [9.17, 15) is 28.7 Å². The highest BCUT2D eigenvalue weighted by Gasteiger charge is 2.77. The molecule has 0 spiro atoms. The Labute approximate surface area is 209 Å². The van der Waals surface area contributed by atoms with E-state index in [1.165, 1.54) is 25.3 Å². The van der Waals surface area contributed by atoms with Crippen LogP contribution in [0.4, 0.5) is 8.78 Å². The average molecular weight is 509 g/mol. The van der Waals surface area contributed by atoms with Crippen molar-refractivity contribution in [2.75, 3.05) is 13.8 Å². The second-order valence-corrected chi connectivity index (χ2v) is 11.2. The van der Waals surface area contributed by atoms with Gasteiger partial charge in [-0.3, -0.25) is 19.2 Å². The smallest absolute Gasteiger partial charge is 0.307 e. The van der Waals surface area contributed by atoms with Crippen LogP contribution in [0.2, 0.25) is 0 Å². The van der Waals surface area contributed by atoms with Crippen molar-refractivity contribution in [2.24, 2.45) is 28.6 Å². The van der Waals surface area contributed by atoms with Crippen molar-refractivity contribution in [1.82, 2.24) is 0 Å². The second kappa shape index (κ2) is 8.85. The molecule has 3 saturated carbocycles. The number of allylic oxidation sites excluding steroid dienone is 4. The molecule has 36 heavy (non-hydrogen) atoms. The van der Waals surface area contributed by atoms with Gasteiger partial charge in [-0.1, -0.05) is 25.5 Å². The maximum atomic E-state index is 17.3. The number of ether oxygens (including phenoxy) is 2. The summed E-state index contributed by atoms with van der Waals surface area (Å²) in [5, 5.41) is 11.4. The van der Waals surface area contributed by atoms with Crippen LogP contribution >= 0.6 is 0 Å². The number of hydrogen-bond acceptors (Lipinski definition) is 7. The molecule has 0 unspecified atom stereocenters. The van der Waals surface area contributed by atoms with Crippen LogP contribution in [0.15, 0.2) is 23.8 Å². The van der Waals surface area contributed by atoms with E-state index in [4.69, 9.17) is 4.74 Å². The van der Waals surface area contributed by atoms with E-state index in [1.54, 1.807) is 20.8 Å². The Morgan fingerprint density at radius 3 is 2.47 bits per heavy atom. The number of carbonyl (C=O) groups is 4. The van der Waals surface area contributed by atoms with Crippen molar-refractivity contribution in [3.05, 3.63) is 23.8 Å². The molecule has 4 aliphatic carbocycles. The molecule has 0 saturated heterocycles. The molecule has 8 atom stereocenters. The zero-order chi connectivity index (χ0) is 26.7. The van der Waals surface area contributed by atoms with Crippen LogP contribution in [0, 0.1) is 28.6 Å². The van der Waals surface area contributed by atoms with E-state index >= 15 is 4.39 Å². The fourth-order valence-corrected chi connectivity index (χ4v) is 8.03. The number of Topliss-reactive ketones (excluding diaryl/α,β-unsaturated/α-hetero) is 1. The van der Waals surface area contributed by atoms with Gasteiger partial charge in [0.15, 0.2) is 23.7 Å². The van der Waals surface area contributed by atoms with Crippen LogP contribution < -0.4 is 0 Å². The van der Waals surface area contributed by atoms with Crippen molar-refractivity contribution >= 4 is 23.5 Å². The third-order valence-electron chi connectivity index (χ3n) is 9.75. The summed E-state index contributed by atoms with van der Waals surface area (Å²) in [4.78, 5) is 49.6. The zero-order valence-electron chi connectivity index (χ0n) is 21.1. The molecule has 0 aromatic rings. The molecule has 0 radical (unpaired) electrons. The molecule has 0 aromatic carbocycles.